The van der Waals surface area contributed by atoms with E-state index >= 15 is 0 Å². The number of nitrogens with one attached hydrogen (secondary N) is 1. The number of nitro groups is 1. The van der Waals surface area contributed by atoms with Crippen LogP contribution < -0.4 is 5.32 Å². The fraction of sp³-hybridized carbons (Fsp3) is 0.261. The molecule has 2 heterocycles. The highest BCUT2D eigenvalue weighted by Gasteiger charge is 2.67. The van der Waals surface area contributed by atoms with Gasteiger partial charge in [0.2, 0.25) is 5.91 Å². The Morgan fingerprint density at radius 1 is 1.20 bits per heavy atom. The number of carbonyl (C=O) groups excluding carboxylic acids is 3. The maximum Gasteiger partial charge on any atom is 0.358 e. The third-order valence-corrected chi connectivity index (χ3v) is 6.87. The van der Waals surface area contributed by atoms with Gasteiger partial charge in [0.05, 0.1) is 17.1 Å². The van der Waals surface area contributed by atoms with E-state index < -0.39 is 33.8 Å². The zero-order valence-corrected chi connectivity index (χ0v) is 19.3. The normalized spacial score (nSPS) is 21.1. The molecule has 0 saturated carbocycles. The highest BCUT2D eigenvalue weighted by atomic mass is 32.2. The molecule has 2 N–H and O–H groups in total. The number of carbonyl (C=O) groups is 3. The number of aliphatic hydroxyl groups excluding tert-OH is 1. The van der Waals surface area contributed by atoms with Crippen LogP contribution in [0.15, 0.2) is 66.1 Å². The van der Waals surface area contributed by atoms with Gasteiger partial charge >= 0.3 is 5.97 Å². The molecule has 1 fully saturated rings. The number of amides is 2. The van der Waals surface area contributed by atoms with Gasteiger partial charge in [-0.1, -0.05) is 30.3 Å². The quantitative estimate of drug-likeness (QED) is 0.183. The fourth-order valence-corrected chi connectivity index (χ4v) is 5.11. The second-order valence-electron chi connectivity index (χ2n) is 7.78. The molecule has 182 valence electrons. The lowest BCUT2D eigenvalue weighted by Gasteiger charge is -2.55. The molecule has 12 heteroatoms. The Kier molecular flexibility index (Phi) is 6.76. The van der Waals surface area contributed by atoms with E-state index in [1.54, 1.807) is 24.3 Å². The summed E-state index contributed by atoms with van der Waals surface area (Å²) in [7, 11) is 1.28. The molecule has 0 aromatic heterocycles. The van der Waals surface area contributed by atoms with Crippen LogP contribution in [0.4, 0.5) is 5.69 Å². The van der Waals surface area contributed by atoms with E-state index in [1.807, 2.05) is 6.07 Å². The molecule has 2 aliphatic rings. The number of hydrogen-bond acceptors (Lipinski definition) is 9. The summed E-state index contributed by atoms with van der Waals surface area (Å²) < 4.78 is 10.7. The number of aliphatic hydroxyl groups is 1. The maximum absolute atomic E-state index is 13.1. The predicted molar refractivity (Wildman–Crippen MR) is 124 cm³/mol. The highest BCUT2D eigenvalue weighted by Crippen LogP contribution is 2.46. The molecule has 0 bridgehead atoms. The van der Waals surface area contributed by atoms with Crippen LogP contribution in [0.3, 0.4) is 0 Å². The first-order valence-corrected chi connectivity index (χ1v) is 11.5. The average molecular weight is 500 g/mol. The lowest BCUT2D eigenvalue weighted by Crippen LogP contribution is -2.80. The van der Waals surface area contributed by atoms with Crippen LogP contribution >= 0.6 is 11.8 Å². The molecule has 2 atom stereocenters. The Morgan fingerprint density at radius 3 is 2.51 bits per heavy atom. The molecule has 2 aromatic rings. The molecule has 4 rings (SSSR count). The number of nitrogens with zero attached hydrogens (tertiary/aromatic N) is 2. The summed E-state index contributed by atoms with van der Waals surface area (Å²) in [4.78, 5) is 49.8. The number of ether oxygens (including phenoxy) is 2. The third-order valence-electron chi connectivity index (χ3n) is 5.58. The minimum Gasteiger partial charge on any atom is -0.509 e. The summed E-state index contributed by atoms with van der Waals surface area (Å²) in [5.41, 5.74) is -0.889. The standard InChI is InChI=1S/C23H21N3O8S/c1-33-23(24-18(28)11-14-5-3-2-4-6-14)21(30)25-19(17(27)13-35-22(23)25)20(29)34-12-15-7-9-16(10-8-15)26(31)32/h2-10,22,27H,11-13H2,1H3,(H,24,28)/t22-,23?/m0/s1. The summed E-state index contributed by atoms with van der Waals surface area (Å²) in [6.45, 7) is -0.226. The first-order valence-electron chi connectivity index (χ1n) is 10.4. The Balaban J connectivity index is 1.45. The Hall–Kier alpha value is -3.90. The van der Waals surface area contributed by atoms with E-state index in [2.05, 4.69) is 5.32 Å². The van der Waals surface area contributed by atoms with Gasteiger partial charge in [-0.2, -0.15) is 0 Å². The highest BCUT2D eigenvalue weighted by molar-refractivity contribution is 8.00. The van der Waals surface area contributed by atoms with Crippen molar-refractivity contribution >= 4 is 35.2 Å². The van der Waals surface area contributed by atoms with Crippen LogP contribution in [0.2, 0.25) is 0 Å². The topological polar surface area (TPSA) is 148 Å². The van der Waals surface area contributed by atoms with Crippen molar-refractivity contribution in [3.05, 3.63) is 87.3 Å². The number of non-ortho nitro benzene ring substituents is 1. The number of methoxy groups -OCH3 is 1. The predicted octanol–water partition coefficient (Wildman–Crippen LogP) is 2.02. The van der Waals surface area contributed by atoms with Gasteiger partial charge in [-0.15, -0.1) is 11.8 Å². The molecule has 2 aromatic carbocycles. The minimum absolute atomic E-state index is 0.00389. The van der Waals surface area contributed by atoms with Crippen LogP contribution in [0.25, 0.3) is 0 Å². The Bertz CT molecular complexity index is 1200. The van der Waals surface area contributed by atoms with Gasteiger partial charge in [0, 0.05) is 19.2 Å². The number of hydrogen-bond donors (Lipinski definition) is 2. The molecule has 1 saturated heterocycles. The molecule has 2 amide bonds. The lowest BCUT2D eigenvalue weighted by molar-refractivity contribution is -0.384. The summed E-state index contributed by atoms with van der Waals surface area (Å²) in [5, 5.41) is 23.0. The van der Waals surface area contributed by atoms with E-state index in [0.717, 1.165) is 22.2 Å². The molecule has 0 aliphatic carbocycles. The van der Waals surface area contributed by atoms with Crippen molar-refractivity contribution in [2.45, 2.75) is 24.1 Å². The van der Waals surface area contributed by atoms with Crippen molar-refractivity contribution in [3.8, 4) is 0 Å². The third kappa shape index (κ3) is 4.57. The molecule has 0 radical (unpaired) electrons. The first kappa shape index (κ1) is 24.2. The smallest absolute Gasteiger partial charge is 0.358 e. The second kappa shape index (κ2) is 9.76. The van der Waals surface area contributed by atoms with Crippen LogP contribution in [-0.4, -0.2) is 56.7 Å². The van der Waals surface area contributed by atoms with Crippen LogP contribution in [-0.2, 0) is 36.9 Å². The van der Waals surface area contributed by atoms with Crippen LogP contribution in [0.1, 0.15) is 11.1 Å². The van der Waals surface area contributed by atoms with E-state index in [-0.39, 0.29) is 35.9 Å². The van der Waals surface area contributed by atoms with Gasteiger partial charge < -0.3 is 19.9 Å². The largest absolute Gasteiger partial charge is 0.509 e. The van der Waals surface area contributed by atoms with Gasteiger partial charge in [0.15, 0.2) is 5.70 Å². The number of benzene rings is 2. The summed E-state index contributed by atoms with van der Waals surface area (Å²) in [5.74, 6) is -2.44. The number of thioether (sulfide) groups is 1. The van der Waals surface area contributed by atoms with Crippen molar-refractivity contribution in [2.24, 2.45) is 0 Å². The lowest BCUT2D eigenvalue weighted by atomic mass is 9.98. The van der Waals surface area contributed by atoms with Crippen molar-refractivity contribution in [1.82, 2.24) is 10.2 Å². The van der Waals surface area contributed by atoms with Crippen LogP contribution in [0.5, 0.6) is 0 Å². The molecular weight excluding hydrogens is 478 g/mol. The molecule has 2 aliphatic heterocycles. The number of esters is 1. The van der Waals surface area contributed by atoms with Crippen molar-refractivity contribution in [1.29, 1.82) is 0 Å². The zero-order valence-electron chi connectivity index (χ0n) is 18.5. The van der Waals surface area contributed by atoms with Crippen molar-refractivity contribution < 1.29 is 33.9 Å². The SMILES string of the molecule is COC1(NC(=O)Cc2ccccc2)C(=O)N2C(C(=O)OCc3ccc([N+](=O)[O-])cc3)=C(O)CS[C@H]21. The number of rotatable bonds is 8. The summed E-state index contributed by atoms with van der Waals surface area (Å²) >= 11 is 1.13. The molecule has 0 spiro atoms. The molecular formula is C23H21N3O8S. The first-order chi connectivity index (χ1) is 16.8. The van der Waals surface area contributed by atoms with Gasteiger partial charge in [-0.25, -0.2) is 4.79 Å². The van der Waals surface area contributed by atoms with Crippen LogP contribution in [0, 0.1) is 10.1 Å². The van der Waals surface area contributed by atoms with Crippen molar-refractivity contribution in [2.75, 3.05) is 12.9 Å². The minimum atomic E-state index is -1.69. The second-order valence-corrected chi connectivity index (χ2v) is 8.85. The Morgan fingerprint density at radius 2 is 1.89 bits per heavy atom. The zero-order chi connectivity index (χ0) is 25.2. The monoisotopic (exact) mass is 499 g/mol. The number of nitro benzene ring substituents is 1. The van der Waals surface area contributed by atoms with Gasteiger partial charge in [-0.05, 0) is 23.3 Å². The number of β-lactam (4-membered cyclic amide) rings is 1. The summed E-state index contributed by atoms with van der Waals surface area (Å²) in [6, 6.07) is 14.4. The van der Waals surface area contributed by atoms with E-state index in [4.69, 9.17) is 9.47 Å². The van der Waals surface area contributed by atoms with Crippen molar-refractivity contribution in [3.63, 3.8) is 0 Å². The summed E-state index contributed by atoms with van der Waals surface area (Å²) in [6.07, 6.45) is 0.0296. The van der Waals surface area contributed by atoms with E-state index in [0.29, 0.717) is 5.56 Å². The van der Waals surface area contributed by atoms with Gasteiger partial charge in [0.25, 0.3) is 17.3 Å². The molecule has 35 heavy (non-hydrogen) atoms. The average Bonchev–Trinajstić information content (AvgIpc) is 2.86. The fourth-order valence-electron chi connectivity index (χ4n) is 3.82. The van der Waals surface area contributed by atoms with E-state index in [9.17, 15) is 29.6 Å². The molecule has 1 unspecified atom stereocenters. The maximum atomic E-state index is 13.1. The van der Waals surface area contributed by atoms with Gasteiger partial charge in [-0.3, -0.25) is 24.6 Å². The Labute approximate surface area is 203 Å². The van der Waals surface area contributed by atoms with E-state index in [1.165, 1.54) is 31.4 Å². The number of fused-ring (bicyclic) bond motifs is 1. The molecule has 11 nitrogen and oxygen atoms in total. The van der Waals surface area contributed by atoms with Gasteiger partial charge in [0.1, 0.15) is 17.7 Å².